The van der Waals surface area contributed by atoms with E-state index < -0.39 is 41.8 Å². The third-order valence-electron chi connectivity index (χ3n) is 7.70. The molecule has 2 aromatic carbocycles. The number of aromatic hydroxyl groups is 1. The molecule has 264 valence electrons. The number of hydrogen-bond acceptors (Lipinski definition) is 8. The van der Waals surface area contributed by atoms with E-state index in [0.717, 1.165) is 35.1 Å². The molecule has 0 aliphatic carbocycles. The number of aliphatic hydroxyl groups is 1. The molecular formula is C33H52ClN5O7S. The van der Waals surface area contributed by atoms with Crippen molar-refractivity contribution < 1.29 is 34.9 Å². The van der Waals surface area contributed by atoms with Crippen molar-refractivity contribution in [2.75, 3.05) is 31.7 Å². The van der Waals surface area contributed by atoms with E-state index in [4.69, 9.17) is 16.6 Å². The number of benzene rings is 2. The Labute approximate surface area is 288 Å². The van der Waals surface area contributed by atoms with E-state index in [-0.39, 0.29) is 56.2 Å². The number of halogens is 1. The van der Waals surface area contributed by atoms with Gasteiger partial charge in [0.25, 0.3) is 0 Å². The Kier molecular flexibility index (Phi) is 21.4. The fourth-order valence-electron chi connectivity index (χ4n) is 5.18. The number of unbranched alkanes of at least 4 members (excludes halogenated alkanes) is 3. The number of amides is 4. The van der Waals surface area contributed by atoms with E-state index in [1.54, 1.807) is 12.1 Å². The van der Waals surface area contributed by atoms with Gasteiger partial charge in [0.2, 0.25) is 23.6 Å². The van der Waals surface area contributed by atoms with Gasteiger partial charge in [-0.2, -0.15) is 11.8 Å². The molecule has 10 N–H and O–H groups in total. The Morgan fingerprint density at radius 3 is 2.15 bits per heavy atom. The molecule has 0 saturated carbocycles. The number of nitrogens with one attached hydrogen (secondary N) is 2. The van der Waals surface area contributed by atoms with Crippen LogP contribution >= 0.6 is 24.2 Å². The summed E-state index contributed by atoms with van der Waals surface area (Å²) < 4.78 is 0. The van der Waals surface area contributed by atoms with E-state index >= 15 is 0 Å². The van der Waals surface area contributed by atoms with Crippen LogP contribution in [-0.4, -0.2) is 94.0 Å². The maximum absolute atomic E-state index is 13.5. The summed E-state index contributed by atoms with van der Waals surface area (Å²) in [6, 6.07) is 9.71. The van der Waals surface area contributed by atoms with Gasteiger partial charge < -0.3 is 42.7 Å². The molecule has 0 heterocycles. The van der Waals surface area contributed by atoms with Crippen LogP contribution in [0.2, 0.25) is 0 Å². The van der Waals surface area contributed by atoms with Crippen LogP contribution in [0.25, 0.3) is 0 Å². The first kappa shape index (κ1) is 43.6. The fraction of sp³-hybridized carbons (Fsp3) is 0.515. The highest BCUT2D eigenvalue weighted by Gasteiger charge is 2.30. The number of aryl methyl sites for hydroxylation is 2. The molecule has 2 rings (SSSR count). The number of phenolic OH excluding ortho intramolecular Hbond substituents is 1. The van der Waals surface area contributed by atoms with E-state index in [9.17, 15) is 24.3 Å². The number of nitrogens with two attached hydrogens (primary N) is 2. The zero-order valence-corrected chi connectivity index (χ0v) is 29.1. The van der Waals surface area contributed by atoms with Crippen molar-refractivity contribution in [2.45, 2.75) is 76.9 Å². The SMILES string of the molecule is CSCC[C@@H](NC(=O)[C@H](N)Cc1c(C)cc(O)cc1C)C(=O)NCC(=O)N(CCCCCCO)[C@@H](Cc1ccccc1)C(N)=O.Cl.O. The molecule has 4 amide bonds. The lowest BCUT2D eigenvalue weighted by molar-refractivity contribution is -0.140. The number of primary amides is 1. The molecule has 0 aliphatic rings. The lowest BCUT2D eigenvalue weighted by Crippen LogP contribution is -2.55. The lowest BCUT2D eigenvalue weighted by atomic mass is 9.96. The van der Waals surface area contributed by atoms with Gasteiger partial charge in [0.15, 0.2) is 0 Å². The minimum Gasteiger partial charge on any atom is -0.508 e. The van der Waals surface area contributed by atoms with Gasteiger partial charge in [0, 0.05) is 19.6 Å². The van der Waals surface area contributed by atoms with Crippen molar-refractivity contribution in [1.82, 2.24) is 15.5 Å². The van der Waals surface area contributed by atoms with Crippen LogP contribution in [0.5, 0.6) is 5.75 Å². The highest BCUT2D eigenvalue weighted by atomic mass is 35.5. The average Bonchev–Trinajstić information content (AvgIpc) is 3.00. The number of carbonyl (C=O) groups excluding carboxylic acids is 4. The maximum Gasteiger partial charge on any atom is 0.243 e. The van der Waals surface area contributed by atoms with E-state index in [1.165, 1.54) is 16.7 Å². The van der Waals surface area contributed by atoms with Crippen molar-refractivity contribution in [1.29, 1.82) is 0 Å². The second-order valence-electron chi connectivity index (χ2n) is 11.3. The largest absolute Gasteiger partial charge is 0.508 e. The van der Waals surface area contributed by atoms with Crippen LogP contribution < -0.4 is 22.1 Å². The van der Waals surface area contributed by atoms with Crippen LogP contribution in [0.15, 0.2) is 42.5 Å². The van der Waals surface area contributed by atoms with Gasteiger partial charge in [-0.1, -0.05) is 43.2 Å². The van der Waals surface area contributed by atoms with Gasteiger partial charge in [0.1, 0.15) is 17.8 Å². The minimum absolute atomic E-state index is 0. The minimum atomic E-state index is -0.936. The van der Waals surface area contributed by atoms with E-state index in [1.807, 2.05) is 50.4 Å². The Bertz CT molecular complexity index is 1250. The maximum atomic E-state index is 13.5. The summed E-state index contributed by atoms with van der Waals surface area (Å²) in [5.41, 5.74) is 15.3. The average molecular weight is 698 g/mol. The molecule has 0 unspecified atom stereocenters. The Morgan fingerprint density at radius 1 is 0.957 bits per heavy atom. The van der Waals surface area contributed by atoms with Gasteiger partial charge in [-0.25, -0.2) is 0 Å². The van der Waals surface area contributed by atoms with E-state index in [2.05, 4.69) is 10.6 Å². The van der Waals surface area contributed by atoms with Crippen molar-refractivity contribution in [2.24, 2.45) is 11.5 Å². The van der Waals surface area contributed by atoms with Crippen LogP contribution in [0.4, 0.5) is 0 Å². The molecular weight excluding hydrogens is 646 g/mol. The summed E-state index contributed by atoms with van der Waals surface area (Å²) in [4.78, 5) is 53.8. The highest BCUT2D eigenvalue weighted by Crippen LogP contribution is 2.22. The van der Waals surface area contributed by atoms with Gasteiger partial charge >= 0.3 is 0 Å². The summed E-state index contributed by atoms with van der Waals surface area (Å²) in [6.45, 7) is 3.64. The zero-order valence-electron chi connectivity index (χ0n) is 27.5. The lowest BCUT2D eigenvalue weighted by Gasteiger charge is -2.30. The number of carbonyl (C=O) groups is 4. The van der Waals surface area contributed by atoms with Crippen molar-refractivity contribution in [3.8, 4) is 5.75 Å². The molecule has 47 heavy (non-hydrogen) atoms. The molecule has 2 aromatic rings. The molecule has 0 fully saturated rings. The Hall–Kier alpha value is -3.36. The number of hydrogen-bond donors (Lipinski definition) is 6. The third kappa shape index (κ3) is 14.9. The smallest absolute Gasteiger partial charge is 0.243 e. The molecule has 0 bridgehead atoms. The number of nitrogens with zero attached hydrogens (tertiary/aromatic N) is 1. The monoisotopic (exact) mass is 697 g/mol. The molecule has 14 heteroatoms. The van der Waals surface area contributed by atoms with Gasteiger partial charge in [-0.3, -0.25) is 19.2 Å². The molecule has 0 spiro atoms. The Morgan fingerprint density at radius 2 is 1.57 bits per heavy atom. The van der Waals surface area contributed by atoms with Crippen LogP contribution in [0.3, 0.4) is 0 Å². The van der Waals surface area contributed by atoms with Gasteiger partial charge in [-0.05, 0) is 85.9 Å². The number of phenols is 1. The van der Waals surface area contributed by atoms with Crippen LogP contribution in [0, 0.1) is 13.8 Å². The van der Waals surface area contributed by atoms with Crippen molar-refractivity contribution in [3.05, 3.63) is 64.7 Å². The van der Waals surface area contributed by atoms with Crippen molar-refractivity contribution in [3.63, 3.8) is 0 Å². The quantitative estimate of drug-likeness (QED) is 0.111. The topological polar surface area (TPSA) is 220 Å². The molecule has 12 nitrogen and oxygen atoms in total. The fourth-order valence-corrected chi connectivity index (χ4v) is 5.65. The summed E-state index contributed by atoms with van der Waals surface area (Å²) in [6.07, 6.45) is 5.44. The number of thioether (sulfide) groups is 1. The third-order valence-corrected chi connectivity index (χ3v) is 8.35. The first-order valence-corrected chi connectivity index (χ1v) is 16.7. The standard InChI is InChI=1S/C33H49N5O6S.ClH.H2O/c1-22-17-25(40)18-23(2)26(22)20-27(34)32(43)37-28(13-16-45-3)33(44)36-21-30(41)38(14-9-4-5-10-15-39)29(31(35)42)19-24-11-7-6-8-12-24;;/h6-8,11-12,17-18,27-29,39-40H,4-5,9-10,13-16,19-21,34H2,1-3H3,(H2,35,42)(H,36,44)(H,37,43);1H;1H2/t27-,28-,29+;;/m1../s1. The first-order chi connectivity index (χ1) is 21.5. The summed E-state index contributed by atoms with van der Waals surface area (Å²) in [5, 5.41) is 24.3. The van der Waals surface area contributed by atoms with Crippen molar-refractivity contribution >= 4 is 47.8 Å². The van der Waals surface area contributed by atoms with Crippen LogP contribution in [0.1, 0.15) is 54.4 Å². The molecule has 0 radical (unpaired) electrons. The summed E-state index contributed by atoms with van der Waals surface area (Å²) in [5.74, 6) is -1.43. The highest BCUT2D eigenvalue weighted by molar-refractivity contribution is 7.98. The Balaban J connectivity index is 0.0000106. The predicted molar refractivity (Wildman–Crippen MR) is 188 cm³/mol. The molecule has 0 saturated heterocycles. The number of aliphatic hydroxyl groups excluding tert-OH is 1. The first-order valence-electron chi connectivity index (χ1n) is 15.3. The molecule has 3 atom stereocenters. The second-order valence-corrected chi connectivity index (χ2v) is 12.2. The normalized spacial score (nSPS) is 12.4. The molecule has 0 aromatic heterocycles. The zero-order chi connectivity index (χ0) is 33.4. The van der Waals surface area contributed by atoms with E-state index in [0.29, 0.717) is 25.0 Å². The van der Waals surface area contributed by atoms with Gasteiger partial charge in [0.05, 0.1) is 12.6 Å². The van der Waals surface area contributed by atoms with Gasteiger partial charge in [-0.15, -0.1) is 12.4 Å². The summed E-state index contributed by atoms with van der Waals surface area (Å²) in [7, 11) is 0. The predicted octanol–water partition coefficient (Wildman–Crippen LogP) is 1.31. The summed E-state index contributed by atoms with van der Waals surface area (Å²) >= 11 is 1.51. The number of rotatable bonds is 20. The molecule has 0 aliphatic heterocycles. The second kappa shape index (κ2) is 23.0. The van der Waals surface area contributed by atoms with Crippen LogP contribution in [-0.2, 0) is 32.0 Å².